The Balaban J connectivity index is 2.67. The molecule has 0 amide bonds. The summed E-state index contributed by atoms with van der Waals surface area (Å²) in [5, 5.41) is 16.9. The number of hydrogen-bond donors (Lipinski definition) is 0. The van der Waals surface area contributed by atoms with Gasteiger partial charge >= 0.3 is 0 Å². The van der Waals surface area contributed by atoms with Crippen molar-refractivity contribution in [3.63, 3.8) is 0 Å². The van der Waals surface area contributed by atoms with E-state index in [0.29, 0.717) is 23.2 Å². The molecule has 8 heteroatoms. The number of rotatable bonds is 6. The van der Waals surface area contributed by atoms with Crippen molar-refractivity contribution in [1.82, 2.24) is 15.0 Å². The van der Waals surface area contributed by atoms with E-state index in [0.717, 1.165) is 0 Å². The lowest BCUT2D eigenvalue weighted by Gasteiger charge is -2.12. The Morgan fingerprint density at radius 1 is 1.53 bits per heavy atom. The normalized spacial score (nSPS) is 11.4. The van der Waals surface area contributed by atoms with E-state index in [4.69, 9.17) is 4.84 Å². The summed E-state index contributed by atoms with van der Waals surface area (Å²) in [4.78, 5) is 13.4. The molecule has 0 fully saturated rings. The van der Waals surface area contributed by atoms with Crippen LogP contribution in [0.3, 0.4) is 0 Å². The Kier molecular flexibility index (Phi) is 5.47. The van der Waals surface area contributed by atoms with Gasteiger partial charge < -0.3 is 5.21 Å². The summed E-state index contributed by atoms with van der Waals surface area (Å²) in [5.41, 5.74) is 0. The molecule has 0 saturated heterocycles. The number of thioether (sulfide) groups is 1. The molecule has 1 heterocycles. The van der Waals surface area contributed by atoms with Gasteiger partial charge in [0.25, 0.3) is 5.88 Å². The predicted molar refractivity (Wildman–Crippen MR) is 63.4 cm³/mol. The van der Waals surface area contributed by atoms with Crippen molar-refractivity contribution in [3.8, 4) is 5.88 Å². The van der Waals surface area contributed by atoms with Crippen LogP contribution in [-0.2, 0) is 0 Å². The fraction of sp³-hybridized carbons (Fsp3) is 0.556. The van der Waals surface area contributed by atoms with E-state index >= 15 is 0 Å². The molecule has 0 aromatic carbocycles. The minimum atomic E-state index is 0.248. The van der Waals surface area contributed by atoms with Crippen molar-refractivity contribution in [2.75, 3.05) is 19.3 Å². The van der Waals surface area contributed by atoms with E-state index < -0.39 is 0 Å². The lowest BCUT2D eigenvalue weighted by atomic mass is 10.6. The van der Waals surface area contributed by atoms with Gasteiger partial charge in [0.05, 0.1) is 18.1 Å². The Morgan fingerprint density at radius 3 is 2.82 bits per heavy atom. The maximum atomic E-state index is 11.4. The van der Waals surface area contributed by atoms with E-state index in [9.17, 15) is 5.21 Å². The second kappa shape index (κ2) is 6.89. The van der Waals surface area contributed by atoms with E-state index in [1.807, 2.05) is 20.1 Å². The number of aromatic nitrogens is 2. The molecule has 0 aliphatic heterocycles. The van der Waals surface area contributed by atoms with Crippen LogP contribution in [0.15, 0.2) is 22.7 Å². The van der Waals surface area contributed by atoms with Crippen molar-refractivity contribution in [2.24, 2.45) is 5.28 Å². The molecule has 94 valence electrons. The summed E-state index contributed by atoms with van der Waals surface area (Å²) in [6, 6.07) is 1.54. The molecule has 0 atom stereocenters. The third kappa shape index (κ3) is 4.06. The maximum absolute atomic E-state index is 11.4. The first-order valence-electron chi connectivity index (χ1n) is 5.18. The highest BCUT2D eigenvalue weighted by Crippen LogP contribution is 2.12. The molecule has 1 aromatic rings. The molecule has 0 aliphatic carbocycles. The van der Waals surface area contributed by atoms with Crippen molar-refractivity contribution in [1.29, 1.82) is 0 Å². The molecule has 0 aliphatic rings. The summed E-state index contributed by atoms with van der Waals surface area (Å²) in [6.45, 7) is 4.85. The molecule has 0 spiro atoms. The fourth-order valence-corrected chi connectivity index (χ4v) is 1.42. The standard InChI is InChI=1S/C9H15N5O2S/c1-4-13(5-2)14(15)12-16-8-6-7-10-9(11-8)17-3/h6-7H,4-5H2,1-3H3/b14-12+. The van der Waals surface area contributed by atoms with E-state index in [2.05, 4.69) is 15.2 Å². The largest absolute Gasteiger partial charge is 0.569 e. The lowest BCUT2D eigenvalue weighted by Crippen LogP contribution is -2.30. The first-order valence-corrected chi connectivity index (χ1v) is 6.40. The molecule has 0 N–H and O–H groups in total. The summed E-state index contributed by atoms with van der Waals surface area (Å²) >= 11 is 1.39. The molecule has 1 aromatic heterocycles. The van der Waals surface area contributed by atoms with Gasteiger partial charge in [-0.2, -0.15) is 4.98 Å². The van der Waals surface area contributed by atoms with Crippen LogP contribution in [0.4, 0.5) is 0 Å². The molecule has 0 unspecified atom stereocenters. The lowest BCUT2D eigenvalue weighted by molar-refractivity contribution is -0.706. The highest BCUT2D eigenvalue weighted by molar-refractivity contribution is 7.98. The average Bonchev–Trinajstić information content (AvgIpc) is 2.38. The van der Waals surface area contributed by atoms with Crippen LogP contribution in [-0.4, -0.2) is 39.3 Å². The van der Waals surface area contributed by atoms with Crippen LogP contribution in [0.1, 0.15) is 13.8 Å². The summed E-state index contributed by atoms with van der Waals surface area (Å²) in [6.07, 6.45) is 3.41. The summed E-state index contributed by atoms with van der Waals surface area (Å²) in [5.74, 6) is 0.248. The van der Waals surface area contributed by atoms with Gasteiger partial charge in [0.15, 0.2) is 5.16 Å². The van der Waals surface area contributed by atoms with E-state index in [1.54, 1.807) is 12.3 Å². The minimum absolute atomic E-state index is 0.248. The molecule has 0 saturated carbocycles. The van der Waals surface area contributed by atoms with Crippen LogP contribution in [0.5, 0.6) is 5.88 Å². The van der Waals surface area contributed by atoms with Gasteiger partial charge in [-0.15, -0.1) is 5.01 Å². The monoisotopic (exact) mass is 257 g/mol. The van der Waals surface area contributed by atoms with Crippen LogP contribution in [0.25, 0.3) is 0 Å². The first kappa shape index (κ1) is 13.5. The van der Waals surface area contributed by atoms with E-state index in [-0.39, 0.29) is 5.88 Å². The smallest absolute Gasteiger partial charge is 0.258 e. The average molecular weight is 257 g/mol. The van der Waals surface area contributed by atoms with Gasteiger partial charge in [-0.1, -0.05) is 11.8 Å². The zero-order valence-electron chi connectivity index (χ0n) is 10.0. The fourth-order valence-electron chi connectivity index (χ4n) is 1.07. The Bertz CT molecular complexity index is 383. The zero-order chi connectivity index (χ0) is 12.7. The van der Waals surface area contributed by atoms with Crippen LogP contribution < -0.4 is 4.84 Å². The second-order valence-corrected chi connectivity index (χ2v) is 3.72. The SMILES string of the molecule is CCN(CC)/[N+]([O-])=N\Oc1ccnc(SC)n1. The van der Waals surface area contributed by atoms with Crippen molar-refractivity contribution >= 4 is 11.8 Å². The molecular weight excluding hydrogens is 242 g/mol. The van der Waals surface area contributed by atoms with Gasteiger partial charge in [0, 0.05) is 12.3 Å². The Morgan fingerprint density at radius 2 is 2.24 bits per heavy atom. The topological polar surface area (TPSA) is 76.7 Å². The van der Waals surface area contributed by atoms with Gasteiger partial charge in [-0.3, -0.25) is 4.84 Å². The third-order valence-electron chi connectivity index (χ3n) is 1.97. The predicted octanol–water partition coefficient (Wildman–Crippen LogP) is 1.71. The van der Waals surface area contributed by atoms with Crippen LogP contribution in [0, 0.1) is 5.21 Å². The van der Waals surface area contributed by atoms with Gasteiger partial charge in [0.2, 0.25) is 5.28 Å². The highest BCUT2D eigenvalue weighted by atomic mass is 32.2. The van der Waals surface area contributed by atoms with Crippen LogP contribution >= 0.6 is 11.8 Å². The van der Waals surface area contributed by atoms with Crippen molar-refractivity contribution in [2.45, 2.75) is 19.0 Å². The molecule has 17 heavy (non-hydrogen) atoms. The van der Waals surface area contributed by atoms with Gasteiger partial charge in [-0.05, 0) is 20.1 Å². The van der Waals surface area contributed by atoms with Crippen molar-refractivity contribution in [3.05, 3.63) is 17.5 Å². The molecular formula is C9H15N5O2S. The van der Waals surface area contributed by atoms with E-state index in [1.165, 1.54) is 16.8 Å². The first-order chi connectivity index (χ1) is 8.21. The number of hydrazine groups is 1. The third-order valence-corrected chi connectivity index (χ3v) is 2.53. The van der Waals surface area contributed by atoms with Crippen LogP contribution in [0.2, 0.25) is 0 Å². The summed E-state index contributed by atoms with van der Waals surface area (Å²) < 4.78 is 0. The van der Waals surface area contributed by atoms with Crippen molar-refractivity contribution < 1.29 is 9.81 Å². The minimum Gasteiger partial charge on any atom is -0.569 e. The Labute approximate surface area is 104 Å². The second-order valence-electron chi connectivity index (χ2n) is 2.95. The Hall–Kier alpha value is -1.57. The molecule has 0 bridgehead atoms. The molecule has 0 radical (unpaired) electrons. The van der Waals surface area contributed by atoms with Gasteiger partial charge in [0.1, 0.15) is 0 Å². The quantitative estimate of drug-likeness (QED) is 0.254. The number of nitrogens with zero attached hydrogens (tertiary/aromatic N) is 5. The molecule has 1 rings (SSSR count). The zero-order valence-corrected chi connectivity index (χ0v) is 10.8. The van der Waals surface area contributed by atoms with Gasteiger partial charge in [-0.25, -0.2) is 4.98 Å². The maximum Gasteiger partial charge on any atom is 0.258 e. The highest BCUT2D eigenvalue weighted by Gasteiger charge is 2.08. The summed E-state index contributed by atoms with van der Waals surface area (Å²) in [7, 11) is 0. The number of hydrogen-bond acceptors (Lipinski definition) is 6. The molecule has 7 nitrogen and oxygen atoms in total.